The summed E-state index contributed by atoms with van der Waals surface area (Å²) in [6, 6.07) is 0.227. The van der Waals surface area contributed by atoms with Gasteiger partial charge in [0.1, 0.15) is 5.75 Å². The molecule has 1 amide bonds. The topological polar surface area (TPSA) is 72.2 Å². The zero-order chi connectivity index (χ0) is 13.3. The SMILES string of the molecule is CCCNC(CCC)C(CC)S(=O)CC(N)=O. The van der Waals surface area contributed by atoms with Crippen molar-refractivity contribution in [1.29, 1.82) is 0 Å². The molecule has 3 atom stereocenters. The van der Waals surface area contributed by atoms with E-state index in [0.29, 0.717) is 0 Å². The standard InChI is InChI=1S/C12H26N2O2S/c1-4-7-10(14-8-5-2)11(6-3)17(16)9-12(13)15/h10-11,14H,4-9H2,1-3H3,(H2,13,15). The quantitative estimate of drug-likeness (QED) is 0.621. The van der Waals surface area contributed by atoms with Gasteiger partial charge in [0.15, 0.2) is 0 Å². The third-order valence-electron chi connectivity index (χ3n) is 2.73. The van der Waals surface area contributed by atoms with Crippen LogP contribution in [0.15, 0.2) is 0 Å². The van der Waals surface area contributed by atoms with Crippen LogP contribution in [0.4, 0.5) is 0 Å². The van der Waals surface area contributed by atoms with Crippen molar-refractivity contribution in [2.45, 2.75) is 57.7 Å². The highest BCUT2D eigenvalue weighted by molar-refractivity contribution is 7.86. The van der Waals surface area contributed by atoms with Gasteiger partial charge in [-0.25, -0.2) is 0 Å². The molecule has 0 spiro atoms. The fraction of sp³-hybridized carbons (Fsp3) is 0.917. The van der Waals surface area contributed by atoms with Crippen LogP contribution >= 0.6 is 0 Å². The van der Waals surface area contributed by atoms with E-state index in [1.165, 1.54) is 0 Å². The second kappa shape index (κ2) is 9.59. The van der Waals surface area contributed by atoms with Gasteiger partial charge in [-0.15, -0.1) is 0 Å². The van der Waals surface area contributed by atoms with Crippen molar-refractivity contribution in [3.8, 4) is 0 Å². The van der Waals surface area contributed by atoms with Crippen LogP contribution in [0.2, 0.25) is 0 Å². The highest BCUT2D eigenvalue weighted by atomic mass is 32.2. The molecule has 102 valence electrons. The minimum absolute atomic E-state index is 0.0213. The van der Waals surface area contributed by atoms with Crippen molar-refractivity contribution in [3.05, 3.63) is 0 Å². The Morgan fingerprint density at radius 3 is 2.35 bits per heavy atom. The average molecular weight is 262 g/mol. The van der Waals surface area contributed by atoms with Gasteiger partial charge in [0.2, 0.25) is 5.91 Å². The Kier molecular flexibility index (Phi) is 9.36. The Morgan fingerprint density at radius 1 is 1.29 bits per heavy atom. The Labute approximate surface area is 107 Å². The molecular weight excluding hydrogens is 236 g/mol. The third kappa shape index (κ3) is 6.78. The Bertz CT molecular complexity index is 247. The summed E-state index contributed by atoms with van der Waals surface area (Å²) in [5, 5.41) is 3.45. The summed E-state index contributed by atoms with van der Waals surface area (Å²) >= 11 is 0. The molecule has 0 bridgehead atoms. The molecule has 0 aliphatic carbocycles. The van der Waals surface area contributed by atoms with Gasteiger partial charge in [-0.3, -0.25) is 9.00 Å². The molecule has 0 aromatic carbocycles. The highest BCUT2D eigenvalue weighted by Crippen LogP contribution is 2.13. The minimum atomic E-state index is -1.16. The molecule has 3 N–H and O–H groups in total. The van der Waals surface area contributed by atoms with E-state index in [2.05, 4.69) is 19.2 Å². The van der Waals surface area contributed by atoms with Gasteiger partial charge in [0, 0.05) is 16.8 Å². The highest BCUT2D eigenvalue weighted by Gasteiger charge is 2.25. The summed E-state index contributed by atoms with van der Waals surface area (Å²) in [5.41, 5.74) is 5.11. The molecule has 0 aliphatic rings. The van der Waals surface area contributed by atoms with E-state index in [1.807, 2.05) is 6.92 Å². The molecule has 0 rings (SSSR count). The molecule has 0 aromatic rings. The lowest BCUT2D eigenvalue weighted by Crippen LogP contribution is -2.44. The van der Waals surface area contributed by atoms with E-state index in [0.717, 1.165) is 32.2 Å². The van der Waals surface area contributed by atoms with Crippen LogP contribution in [0.5, 0.6) is 0 Å². The van der Waals surface area contributed by atoms with Crippen molar-refractivity contribution >= 4 is 16.7 Å². The third-order valence-corrected chi connectivity index (χ3v) is 4.64. The van der Waals surface area contributed by atoms with Gasteiger partial charge in [-0.05, 0) is 25.8 Å². The number of hydrogen-bond donors (Lipinski definition) is 2. The Hall–Kier alpha value is -0.420. The summed E-state index contributed by atoms with van der Waals surface area (Å²) in [4.78, 5) is 10.8. The summed E-state index contributed by atoms with van der Waals surface area (Å²) in [7, 11) is -1.16. The average Bonchev–Trinajstić information content (AvgIpc) is 2.25. The van der Waals surface area contributed by atoms with E-state index in [-0.39, 0.29) is 17.0 Å². The lowest BCUT2D eigenvalue weighted by molar-refractivity contribution is -0.115. The van der Waals surface area contributed by atoms with E-state index >= 15 is 0 Å². The molecule has 5 heteroatoms. The maximum Gasteiger partial charge on any atom is 0.230 e. The predicted molar refractivity (Wildman–Crippen MR) is 73.3 cm³/mol. The van der Waals surface area contributed by atoms with E-state index < -0.39 is 16.7 Å². The van der Waals surface area contributed by atoms with Gasteiger partial charge < -0.3 is 11.1 Å². The Morgan fingerprint density at radius 2 is 1.94 bits per heavy atom. The first-order chi connectivity index (χ1) is 8.06. The monoisotopic (exact) mass is 262 g/mol. The molecule has 0 fully saturated rings. The van der Waals surface area contributed by atoms with Crippen LogP contribution in [-0.4, -0.2) is 33.7 Å². The number of nitrogens with one attached hydrogen (secondary N) is 1. The number of nitrogens with two attached hydrogens (primary N) is 1. The molecular formula is C12H26N2O2S. The van der Waals surface area contributed by atoms with Gasteiger partial charge in [0.05, 0.1) is 5.25 Å². The summed E-state index contributed by atoms with van der Waals surface area (Å²) < 4.78 is 12.0. The first-order valence-electron chi connectivity index (χ1n) is 6.45. The molecule has 0 saturated heterocycles. The van der Waals surface area contributed by atoms with Gasteiger partial charge in [0.25, 0.3) is 0 Å². The van der Waals surface area contributed by atoms with Crippen molar-refractivity contribution in [2.75, 3.05) is 12.3 Å². The number of amides is 1. The first-order valence-corrected chi connectivity index (χ1v) is 7.83. The predicted octanol–water partition coefficient (Wildman–Crippen LogP) is 1.17. The van der Waals surface area contributed by atoms with Crippen LogP contribution in [0.3, 0.4) is 0 Å². The van der Waals surface area contributed by atoms with Crippen LogP contribution in [0.25, 0.3) is 0 Å². The van der Waals surface area contributed by atoms with Gasteiger partial charge >= 0.3 is 0 Å². The second-order valence-corrected chi connectivity index (χ2v) is 5.94. The number of rotatable bonds is 10. The Balaban J connectivity index is 4.51. The van der Waals surface area contributed by atoms with Crippen molar-refractivity contribution in [1.82, 2.24) is 5.32 Å². The van der Waals surface area contributed by atoms with Crippen molar-refractivity contribution in [2.24, 2.45) is 5.73 Å². The molecule has 3 unspecified atom stereocenters. The van der Waals surface area contributed by atoms with Crippen molar-refractivity contribution < 1.29 is 9.00 Å². The fourth-order valence-corrected chi connectivity index (χ4v) is 3.43. The molecule has 17 heavy (non-hydrogen) atoms. The summed E-state index contributed by atoms with van der Waals surface area (Å²) in [6.45, 7) is 7.16. The molecule has 4 nitrogen and oxygen atoms in total. The van der Waals surface area contributed by atoms with Gasteiger partial charge in [-0.2, -0.15) is 0 Å². The molecule has 0 saturated carbocycles. The summed E-state index contributed by atoms with van der Waals surface area (Å²) in [6.07, 6.45) is 3.90. The molecule has 0 heterocycles. The number of primary amides is 1. The lowest BCUT2D eigenvalue weighted by atomic mass is 10.1. The zero-order valence-electron chi connectivity index (χ0n) is 11.2. The number of hydrogen-bond acceptors (Lipinski definition) is 3. The van der Waals surface area contributed by atoms with E-state index in [4.69, 9.17) is 5.73 Å². The number of carbonyl (C=O) groups is 1. The van der Waals surface area contributed by atoms with Crippen molar-refractivity contribution in [3.63, 3.8) is 0 Å². The molecule has 0 aliphatic heterocycles. The lowest BCUT2D eigenvalue weighted by Gasteiger charge is -2.26. The first kappa shape index (κ1) is 16.6. The second-order valence-electron chi connectivity index (χ2n) is 4.29. The normalized spacial score (nSPS) is 16.4. The van der Waals surface area contributed by atoms with Crippen LogP contribution in [-0.2, 0) is 15.6 Å². The smallest absolute Gasteiger partial charge is 0.230 e. The molecule has 0 radical (unpaired) electrons. The van der Waals surface area contributed by atoms with Crippen LogP contribution in [0, 0.1) is 0 Å². The van der Waals surface area contributed by atoms with E-state index in [9.17, 15) is 9.00 Å². The zero-order valence-corrected chi connectivity index (χ0v) is 12.0. The maximum absolute atomic E-state index is 12.0. The van der Waals surface area contributed by atoms with Crippen LogP contribution in [0.1, 0.15) is 46.5 Å². The molecule has 0 aromatic heterocycles. The maximum atomic E-state index is 12.0. The fourth-order valence-electron chi connectivity index (χ4n) is 1.96. The number of carbonyl (C=O) groups excluding carboxylic acids is 1. The summed E-state index contributed by atoms with van der Waals surface area (Å²) in [5.74, 6) is -0.500. The largest absolute Gasteiger partial charge is 0.369 e. The minimum Gasteiger partial charge on any atom is -0.369 e. The van der Waals surface area contributed by atoms with Gasteiger partial charge in [-0.1, -0.05) is 27.2 Å². The van der Waals surface area contributed by atoms with Crippen LogP contribution < -0.4 is 11.1 Å². The van der Waals surface area contributed by atoms with E-state index in [1.54, 1.807) is 0 Å².